The van der Waals surface area contributed by atoms with Gasteiger partial charge in [0.2, 0.25) is 0 Å². The van der Waals surface area contributed by atoms with Crippen LogP contribution in [0.1, 0.15) is 152 Å². The maximum Gasteiger partial charge on any atom is 0.148 e. The van der Waals surface area contributed by atoms with Gasteiger partial charge in [-0.3, -0.25) is 9.55 Å². The van der Waals surface area contributed by atoms with Crippen LogP contribution in [0.3, 0.4) is 0 Å². The number of rotatable bonds is 6. The molecule has 0 aliphatic carbocycles. The second-order valence-electron chi connectivity index (χ2n) is 23.8. The third-order valence-electron chi connectivity index (χ3n) is 13.0. The van der Waals surface area contributed by atoms with Gasteiger partial charge < -0.3 is 5.11 Å². The number of hydrogen-bond donors (Lipinski definition) is 1. The summed E-state index contributed by atoms with van der Waals surface area (Å²) >= 11 is 0. The number of aromatic nitrogens is 3. The normalized spacial score (nSPS) is 14.1. The number of phenols is 1. The zero-order valence-corrected chi connectivity index (χ0v) is 45.9. The van der Waals surface area contributed by atoms with Gasteiger partial charge in [0, 0.05) is 38.5 Å². The van der Waals surface area contributed by atoms with Crippen molar-refractivity contribution in [2.45, 2.75) is 145 Å². The fourth-order valence-electron chi connectivity index (χ4n) is 8.64. The van der Waals surface area contributed by atoms with Crippen LogP contribution in [-0.4, -0.2) is 19.6 Å². The number of pyridine rings is 1. The molecule has 8 rings (SSSR count). The minimum absolute atomic E-state index is 0. The molecule has 0 unspecified atom stereocenters. The van der Waals surface area contributed by atoms with Gasteiger partial charge in [0.15, 0.2) is 0 Å². The van der Waals surface area contributed by atoms with E-state index in [-0.39, 0.29) is 95.7 Å². The monoisotopic (exact) mass is 1100 g/mol. The molecule has 0 fully saturated rings. The van der Waals surface area contributed by atoms with Crippen molar-refractivity contribution in [3.8, 4) is 67.5 Å². The number of phenolic OH excluding ortho intramolecular Hbond substituents is 1. The van der Waals surface area contributed by atoms with E-state index in [1.165, 1.54) is 18.1 Å². The minimum atomic E-state index is -0.472. The Morgan fingerprint density at radius 2 is 1.13 bits per heavy atom. The second kappa shape index (κ2) is 18.3. The van der Waals surface area contributed by atoms with Gasteiger partial charge in [-0.15, -0.1) is 29.3 Å². The van der Waals surface area contributed by atoms with E-state index in [0.29, 0.717) is 28.0 Å². The van der Waals surface area contributed by atoms with Crippen LogP contribution < -0.4 is 0 Å². The number of aromatic hydroxyl groups is 1. The van der Waals surface area contributed by atoms with E-state index in [4.69, 9.17) is 13.2 Å². The van der Waals surface area contributed by atoms with Crippen LogP contribution >= 0.6 is 0 Å². The van der Waals surface area contributed by atoms with Crippen LogP contribution in [0.2, 0.25) is 0 Å². The smallest absolute Gasteiger partial charge is 0.148 e. The first-order valence-corrected chi connectivity index (χ1v) is 23.8. The Morgan fingerprint density at radius 1 is 0.551 bits per heavy atom. The number of nitrogens with zero attached hydrogens (tertiary/aromatic N) is 3. The molecule has 0 saturated heterocycles. The molecular weight excluding hydrogens is 1020 g/mol. The van der Waals surface area contributed by atoms with Crippen molar-refractivity contribution in [2.75, 3.05) is 0 Å². The average molecular weight is 1100 g/mol. The summed E-state index contributed by atoms with van der Waals surface area (Å²) in [5.41, 5.74) is 11.6. The molecule has 360 valence electrons. The summed E-state index contributed by atoms with van der Waals surface area (Å²) in [4.78, 5) is 10.1. The molecule has 0 saturated carbocycles. The minimum Gasteiger partial charge on any atom is -0.507 e. The van der Waals surface area contributed by atoms with E-state index in [1.807, 2.05) is 24.3 Å². The van der Waals surface area contributed by atoms with Crippen molar-refractivity contribution in [3.05, 3.63) is 166 Å². The van der Waals surface area contributed by atoms with Gasteiger partial charge in [-0.05, 0) is 116 Å². The van der Waals surface area contributed by atoms with Gasteiger partial charge in [0.05, 0.1) is 31.9 Å². The first-order valence-electron chi connectivity index (χ1n) is 27.3. The van der Waals surface area contributed by atoms with Gasteiger partial charge in [0.1, 0.15) is 11.6 Å². The number of fused-ring (bicyclic) bond motifs is 1. The summed E-state index contributed by atoms with van der Waals surface area (Å²) < 4.78 is 64.5. The Labute approximate surface area is 437 Å². The summed E-state index contributed by atoms with van der Waals surface area (Å²) in [7, 11) is 0. The molecule has 0 atom stereocenters. The predicted molar refractivity (Wildman–Crippen MR) is 290 cm³/mol. The van der Waals surface area contributed by atoms with Crippen LogP contribution in [0.15, 0.2) is 121 Å². The Kier molecular flexibility index (Phi) is 11.2. The van der Waals surface area contributed by atoms with E-state index < -0.39 is 23.0 Å². The molecule has 5 heteroatoms. The first kappa shape index (κ1) is 42.3. The summed E-state index contributed by atoms with van der Waals surface area (Å²) in [5.74, 6) is 0.714. The Morgan fingerprint density at radius 3 is 1.71 bits per heavy atom. The molecule has 2 heterocycles. The van der Waals surface area contributed by atoms with Crippen LogP contribution in [0.4, 0.5) is 0 Å². The molecule has 4 nitrogen and oxygen atoms in total. The van der Waals surface area contributed by atoms with E-state index in [9.17, 15) is 6.48 Å². The van der Waals surface area contributed by atoms with E-state index >= 15 is 0 Å². The molecule has 0 radical (unpaired) electrons. The molecule has 0 spiro atoms. The van der Waals surface area contributed by atoms with Gasteiger partial charge in [0.25, 0.3) is 0 Å². The predicted octanol–water partition coefficient (Wildman–Crippen LogP) is 17.4. The zero-order chi connectivity index (χ0) is 55.6. The van der Waals surface area contributed by atoms with Crippen LogP contribution in [0.25, 0.3) is 72.7 Å². The maximum absolute atomic E-state index is 12.6. The van der Waals surface area contributed by atoms with Crippen LogP contribution in [-0.2, 0) is 48.1 Å². The van der Waals surface area contributed by atoms with Crippen molar-refractivity contribution in [2.24, 2.45) is 0 Å². The van der Waals surface area contributed by atoms with Crippen molar-refractivity contribution >= 4 is 11.0 Å². The van der Waals surface area contributed by atoms with Crippen LogP contribution in [0.5, 0.6) is 5.75 Å². The summed E-state index contributed by atoms with van der Waals surface area (Å²) in [6, 6.07) is 29.1. The molecule has 2 aromatic heterocycles. The van der Waals surface area contributed by atoms with Gasteiger partial charge in [-0.2, -0.15) is 0 Å². The average Bonchev–Trinajstić information content (AvgIpc) is 3.69. The van der Waals surface area contributed by atoms with Crippen molar-refractivity contribution in [1.29, 1.82) is 0 Å². The maximum atomic E-state index is 12.6. The SMILES string of the molecule is [2H]c1nc(-c2[c-]c(-c3cccc4c3nc(-c3cc(C(C)(C)C)cc(C(C)(C)C)c3O)n4-c3ccc(-c4cc(C(C)(C)C)cc(C(C)(C)C)c4)cc3C)cc(C(C)(C)C)c2)c([2H])c(-c2c([2H])c([2H])c(C)c([2H])c2[2H])c1[2H].[Pt]. The fourth-order valence-corrected chi connectivity index (χ4v) is 8.64. The van der Waals surface area contributed by atoms with Crippen molar-refractivity contribution < 1.29 is 35.8 Å². The third-order valence-corrected chi connectivity index (χ3v) is 13.0. The molecule has 0 aliphatic heterocycles. The number of aryl methyl sites for hydroxylation is 1. The molecule has 0 bridgehead atoms. The first-order chi connectivity index (χ1) is 34.5. The van der Waals surface area contributed by atoms with Crippen LogP contribution in [0, 0.1) is 19.9 Å². The summed E-state index contributed by atoms with van der Waals surface area (Å²) in [6.45, 7) is 36.2. The molecular formula is C64H72N3OPt-. The molecule has 1 N–H and O–H groups in total. The van der Waals surface area contributed by atoms with E-state index in [2.05, 4.69) is 181 Å². The quantitative estimate of drug-likeness (QED) is 0.169. The van der Waals surface area contributed by atoms with Crippen molar-refractivity contribution in [3.63, 3.8) is 0 Å². The Bertz CT molecular complexity index is 3570. The zero-order valence-electron chi connectivity index (χ0n) is 50.6. The van der Waals surface area contributed by atoms with Gasteiger partial charge in [-0.1, -0.05) is 193 Å². The van der Waals surface area contributed by atoms with E-state index in [1.54, 1.807) is 0 Å². The molecule has 6 aromatic carbocycles. The Hall–Kier alpha value is -5.57. The number of hydrogen-bond acceptors (Lipinski definition) is 3. The fraction of sp³-hybridized carbons (Fsp3) is 0.344. The number of benzene rings is 6. The largest absolute Gasteiger partial charge is 0.507 e. The topological polar surface area (TPSA) is 50.9 Å². The molecule has 0 aliphatic rings. The third kappa shape index (κ3) is 10.5. The van der Waals surface area contributed by atoms with Gasteiger partial charge >= 0.3 is 0 Å². The Balaban J connectivity index is 0.00000840. The number of para-hydroxylation sites is 1. The van der Waals surface area contributed by atoms with E-state index in [0.717, 1.165) is 50.1 Å². The second-order valence-corrected chi connectivity index (χ2v) is 23.8. The van der Waals surface area contributed by atoms with Gasteiger partial charge in [-0.25, -0.2) is 4.98 Å². The van der Waals surface area contributed by atoms with Crippen molar-refractivity contribution in [1.82, 2.24) is 14.5 Å². The number of imidazole rings is 1. The molecule has 0 amide bonds. The molecule has 8 aromatic rings. The summed E-state index contributed by atoms with van der Waals surface area (Å²) in [5, 5.41) is 12.6. The molecule has 69 heavy (non-hydrogen) atoms. The standard InChI is InChI=1S/C64H72N3O.Pt/c1-39-21-23-41(24-22-39)43-27-28-65-54(35-43)46-30-45(33-47(34-46)60(3,4)5)51-19-18-20-56-57(51)66-59(52-37-50(63(12,13)14)38-53(58(52)68)64(15,16)17)67(56)55-26-25-42(29-40(55)2)44-31-48(61(6,7)8)36-49(32-44)62(9,10)11;/h18-29,31-38,68H,1-17H3;/q-1;/i21D,22D,23D,24D,27D,28D,35D;. The summed E-state index contributed by atoms with van der Waals surface area (Å²) in [6.07, 6.45) is -0.472.